The largest absolute Gasteiger partial charge is 0.363 e. The fourth-order valence-electron chi connectivity index (χ4n) is 3.87. The maximum absolute atomic E-state index is 12.7. The third-order valence-electron chi connectivity index (χ3n) is 5.25. The van der Waals surface area contributed by atoms with Gasteiger partial charge in [-0.3, -0.25) is 10.1 Å². The molecule has 2 aliphatic heterocycles. The second-order valence-electron chi connectivity index (χ2n) is 6.77. The second kappa shape index (κ2) is 7.29. The van der Waals surface area contributed by atoms with E-state index < -0.39 is 14.9 Å². The summed E-state index contributed by atoms with van der Waals surface area (Å²) in [7, 11) is -3.65. The molecule has 0 radical (unpaired) electrons. The summed E-state index contributed by atoms with van der Waals surface area (Å²) in [6.07, 6.45) is 5.74. The van der Waals surface area contributed by atoms with Crippen molar-refractivity contribution in [3.05, 3.63) is 28.3 Å². The van der Waals surface area contributed by atoms with Gasteiger partial charge in [-0.2, -0.15) is 4.31 Å². The number of rotatable bonds is 5. The van der Waals surface area contributed by atoms with Gasteiger partial charge in [-0.1, -0.05) is 6.92 Å². The number of hydrogen-bond donors (Lipinski definition) is 0. The Morgan fingerprint density at radius 2 is 1.84 bits per heavy atom. The van der Waals surface area contributed by atoms with Crippen LogP contribution in [0, 0.1) is 10.1 Å². The summed E-state index contributed by atoms with van der Waals surface area (Å²) in [5.41, 5.74) is 0.428. The number of anilines is 1. The minimum absolute atomic E-state index is 0.0231. The van der Waals surface area contributed by atoms with Gasteiger partial charge in [0.25, 0.3) is 5.69 Å². The van der Waals surface area contributed by atoms with E-state index in [1.54, 1.807) is 6.07 Å². The predicted molar refractivity (Wildman–Crippen MR) is 96.4 cm³/mol. The van der Waals surface area contributed by atoms with Gasteiger partial charge >= 0.3 is 0 Å². The minimum Gasteiger partial charge on any atom is -0.363 e. The Labute approximate surface area is 148 Å². The fourth-order valence-corrected chi connectivity index (χ4v) is 5.41. The first-order valence-corrected chi connectivity index (χ1v) is 10.4. The molecule has 25 heavy (non-hydrogen) atoms. The molecule has 2 fully saturated rings. The van der Waals surface area contributed by atoms with Crippen molar-refractivity contribution in [3.63, 3.8) is 0 Å². The van der Waals surface area contributed by atoms with E-state index in [-0.39, 0.29) is 16.6 Å². The molecule has 0 amide bonds. The van der Waals surface area contributed by atoms with Gasteiger partial charge in [-0.15, -0.1) is 0 Å². The molecule has 7 nitrogen and oxygen atoms in total. The van der Waals surface area contributed by atoms with Gasteiger partial charge in [0.1, 0.15) is 5.69 Å². The number of nitro groups is 1. The lowest BCUT2D eigenvalue weighted by atomic mass is 9.99. The summed E-state index contributed by atoms with van der Waals surface area (Å²) in [6, 6.07) is 4.66. The quantitative estimate of drug-likeness (QED) is 0.590. The Bertz CT molecular complexity index is 744. The lowest BCUT2D eigenvalue weighted by Gasteiger charge is -2.36. The fraction of sp³-hybridized carbons (Fsp3) is 0.647. The average Bonchev–Trinajstić information content (AvgIpc) is 3.16. The summed E-state index contributed by atoms with van der Waals surface area (Å²) in [6.45, 7) is 3.84. The van der Waals surface area contributed by atoms with Gasteiger partial charge in [0.05, 0.1) is 9.82 Å². The molecule has 0 aromatic heterocycles. The Morgan fingerprint density at radius 3 is 2.48 bits per heavy atom. The van der Waals surface area contributed by atoms with Crippen LogP contribution in [0.4, 0.5) is 11.4 Å². The molecule has 0 saturated carbocycles. The van der Waals surface area contributed by atoms with Crippen LogP contribution in [-0.4, -0.2) is 43.3 Å². The molecule has 2 heterocycles. The van der Waals surface area contributed by atoms with Crippen LogP contribution >= 0.6 is 0 Å². The van der Waals surface area contributed by atoms with E-state index in [0.717, 1.165) is 45.1 Å². The molecule has 8 heteroatoms. The molecule has 0 N–H and O–H groups in total. The van der Waals surface area contributed by atoms with Crippen molar-refractivity contribution >= 4 is 21.4 Å². The summed E-state index contributed by atoms with van der Waals surface area (Å²) >= 11 is 0. The van der Waals surface area contributed by atoms with Gasteiger partial charge in [0.15, 0.2) is 0 Å². The summed E-state index contributed by atoms with van der Waals surface area (Å²) in [4.78, 5) is 13.3. The monoisotopic (exact) mass is 367 g/mol. The predicted octanol–water partition coefficient (Wildman–Crippen LogP) is 3.15. The van der Waals surface area contributed by atoms with Crippen LogP contribution in [0.1, 0.15) is 45.4 Å². The zero-order chi connectivity index (χ0) is 18.0. The molecule has 3 rings (SSSR count). The Kier molecular flexibility index (Phi) is 5.29. The standard InChI is InChI=1S/C17H25N3O4S/c1-2-14-7-3-4-12-19(14)16-9-8-15(13-17(16)20(21)22)25(23,24)18-10-5-6-11-18/h8-9,13-14H,2-7,10-12H2,1H3/t14-/m1/s1. The first kappa shape index (κ1) is 18.1. The molecule has 0 bridgehead atoms. The lowest BCUT2D eigenvalue weighted by Crippen LogP contribution is -2.39. The zero-order valence-corrected chi connectivity index (χ0v) is 15.4. The molecule has 1 atom stereocenters. The Morgan fingerprint density at radius 1 is 1.16 bits per heavy atom. The Hall–Kier alpha value is -1.67. The molecule has 0 aliphatic carbocycles. The molecular formula is C17H25N3O4S. The number of nitrogens with zero attached hydrogens (tertiary/aromatic N) is 3. The lowest BCUT2D eigenvalue weighted by molar-refractivity contribution is -0.384. The molecule has 1 aromatic rings. The van der Waals surface area contributed by atoms with Gasteiger partial charge < -0.3 is 4.90 Å². The third kappa shape index (κ3) is 3.50. The molecule has 1 aromatic carbocycles. The summed E-state index contributed by atoms with van der Waals surface area (Å²) in [5, 5.41) is 11.6. The van der Waals surface area contributed by atoms with Crippen LogP contribution in [0.2, 0.25) is 0 Å². The number of nitro benzene ring substituents is 1. The van der Waals surface area contributed by atoms with Gasteiger partial charge in [0, 0.05) is 31.7 Å². The third-order valence-corrected chi connectivity index (χ3v) is 7.15. The number of piperidine rings is 1. The maximum atomic E-state index is 12.7. The van der Waals surface area contributed by atoms with Crippen LogP contribution in [0.3, 0.4) is 0 Å². The first-order chi connectivity index (χ1) is 11.9. The van der Waals surface area contributed by atoms with E-state index in [1.807, 2.05) is 0 Å². The van der Waals surface area contributed by atoms with E-state index in [4.69, 9.17) is 0 Å². The van der Waals surface area contributed by atoms with Crippen molar-refractivity contribution in [1.82, 2.24) is 4.31 Å². The highest BCUT2D eigenvalue weighted by Gasteiger charge is 2.32. The van der Waals surface area contributed by atoms with Gasteiger partial charge in [-0.05, 0) is 50.7 Å². The van der Waals surface area contributed by atoms with Crippen LogP contribution in [0.15, 0.2) is 23.1 Å². The molecule has 138 valence electrons. The first-order valence-electron chi connectivity index (χ1n) is 9.00. The Balaban J connectivity index is 2.00. The maximum Gasteiger partial charge on any atom is 0.293 e. The van der Waals surface area contributed by atoms with Crippen LogP contribution in [0.5, 0.6) is 0 Å². The highest BCUT2D eigenvalue weighted by Crippen LogP contribution is 2.36. The van der Waals surface area contributed by atoms with Crippen molar-refractivity contribution in [1.29, 1.82) is 0 Å². The van der Waals surface area contributed by atoms with Gasteiger partial charge in [-0.25, -0.2) is 8.42 Å². The molecule has 2 aliphatic rings. The van der Waals surface area contributed by atoms with Crippen LogP contribution < -0.4 is 4.90 Å². The van der Waals surface area contributed by atoms with Crippen molar-refractivity contribution in [2.24, 2.45) is 0 Å². The smallest absolute Gasteiger partial charge is 0.293 e. The summed E-state index contributed by atoms with van der Waals surface area (Å²) < 4.78 is 26.8. The van der Waals surface area contributed by atoms with Crippen LogP contribution in [-0.2, 0) is 10.0 Å². The molecule has 0 spiro atoms. The topological polar surface area (TPSA) is 83.8 Å². The van der Waals surface area contributed by atoms with E-state index in [9.17, 15) is 18.5 Å². The van der Waals surface area contributed by atoms with Crippen molar-refractivity contribution < 1.29 is 13.3 Å². The highest BCUT2D eigenvalue weighted by molar-refractivity contribution is 7.89. The van der Waals surface area contributed by atoms with E-state index >= 15 is 0 Å². The highest BCUT2D eigenvalue weighted by atomic mass is 32.2. The molecule has 0 unspecified atom stereocenters. The van der Waals surface area contributed by atoms with E-state index in [0.29, 0.717) is 18.8 Å². The van der Waals surface area contributed by atoms with Gasteiger partial charge in [0.2, 0.25) is 10.0 Å². The second-order valence-corrected chi connectivity index (χ2v) is 8.71. The molecular weight excluding hydrogens is 342 g/mol. The normalized spacial score (nSPS) is 22.3. The zero-order valence-electron chi connectivity index (χ0n) is 14.6. The molecule has 2 saturated heterocycles. The number of sulfonamides is 1. The average molecular weight is 367 g/mol. The minimum atomic E-state index is -3.65. The van der Waals surface area contributed by atoms with E-state index in [1.165, 1.54) is 16.4 Å². The van der Waals surface area contributed by atoms with E-state index in [2.05, 4.69) is 11.8 Å². The summed E-state index contributed by atoms with van der Waals surface area (Å²) in [5.74, 6) is 0. The number of benzene rings is 1. The van der Waals surface area contributed by atoms with Crippen LogP contribution in [0.25, 0.3) is 0 Å². The number of hydrogen-bond acceptors (Lipinski definition) is 5. The van der Waals surface area contributed by atoms with Crippen molar-refractivity contribution in [2.45, 2.75) is 56.4 Å². The van der Waals surface area contributed by atoms with Crippen molar-refractivity contribution in [3.8, 4) is 0 Å². The van der Waals surface area contributed by atoms with Crippen molar-refractivity contribution in [2.75, 3.05) is 24.5 Å². The SMILES string of the molecule is CC[C@@H]1CCCCN1c1ccc(S(=O)(=O)N2CCCC2)cc1[N+](=O)[O-].